The van der Waals surface area contributed by atoms with Crippen LogP contribution in [0, 0.1) is 6.92 Å². The molecule has 0 radical (unpaired) electrons. The molecule has 1 rings (SSSR count). The van der Waals surface area contributed by atoms with Crippen molar-refractivity contribution in [2.24, 2.45) is 5.73 Å². The van der Waals surface area contributed by atoms with Gasteiger partial charge in [0, 0.05) is 22.8 Å². The molecule has 3 N–H and O–H groups in total. The summed E-state index contributed by atoms with van der Waals surface area (Å²) in [5, 5.41) is 3.33. The summed E-state index contributed by atoms with van der Waals surface area (Å²) in [5.41, 5.74) is 6.91. The maximum Gasteiger partial charge on any atom is 0.126 e. The number of hydrogen-bond acceptors (Lipinski definition) is 3. The van der Waals surface area contributed by atoms with Gasteiger partial charge in [-0.3, -0.25) is 0 Å². The van der Waals surface area contributed by atoms with E-state index in [0.717, 1.165) is 16.7 Å². The molecule has 1 aromatic heterocycles. The highest BCUT2D eigenvalue weighted by atomic mass is 79.9. The Bertz CT molecular complexity index is 326. The monoisotopic (exact) mass is 271 g/mol. The summed E-state index contributed by atoms with van der Waals surface area (Å²) in [5.74, 6) is 0.906. The van der Waals surface area contributed by atoms with Crippen LogP contribution in [0.2, 0.25) is 0 Å². The molecule has 0 saturated carbocycles. The molecule has 1 heterocycles. The zero-order chi connectivity index (χ0) is 11.4. The van der Waals surface area contributed by atoms with Gasteiger partial charge in [-0.1, -0.05) is 0 Å². The van der Waals surface area contributed by atoms with Crippen LogP contribution in [-0.2, 0) is 0 Å². The molecule has 1 aromatic rings. The van der Waals surface area contributed by atoms with Crippen molar-refractivity contribution in [2.45, 2.75) is 39.3 Å². The zero-order valence-electron chi connectivity index (χ0n) is 9.42. The van der Waals surface area contributed by atoms with Gasteiger partial charge in [0.2, 0.25) is 0 Å². The minimum atomic E-state index is 0.212. The van der Waals surface area contributed by atoms with E-state index in [1.54, 1.807) is 0 Å². The highest BCUT2D eigenvalue weighted by Crippen LogP contribution is 2.18. The van der Waals surface area contributed by atoms with Crippen molar-refractivity contribution >= 4 is 21.7 Å². The number of anilines is 1. The highest BCUT2D eigenvalue weighted by Gasteiger charge is 2.06. The van der Waals surface area contributed by atoms with Crippen LogP contribution < -0.4 is 11.1 Å². The van der Waals surface area contributed by atoms with Gasteiger partial charge in [0.1, 0.15) is 5.82 Å². The van der Waals surface area contributed by atoms with Gasteiger partial charge in [0.25, 0.3) is 0 Å². The number of aryl methyl sites for hydroxylation is 1. The summed E-state index contributed by atoms with van der Waals surface area (Å²) in [6.07, 6.45) is 2.76. The number of rotatable bonds is 4. The molecule has 0 amide bonds. The van der Waals surface area contributed by atoms with Gasteiger partial charge in [-0.15, -0.1) is 0 Å². The molecule has 0 saturated heterocycles. The number of nitrogens with two attached hydrogens (primary N) is 1. The Balaban J connectivity index is 2.60. The first-order valence-electron chi connectivity index (χ1n) is 5.13. The lowest BCUT2D eigenvalue weighted by Gasteiger charge is -2.16. The van der Waals surface area contributed by atoms with E-state index in [1.165, 1.54) is 5.56 Å². The maximum atomic E-state index is 5.73. The third-order valence-electron chi connectivity index (χ3n) is 2.17. The van der Waals surface area contributed by atoms with Crippen LogP contribution in [-0.4, -0.2) is 17.1 Å². The second-order valence-electron chi connectivity index (χ2n) is 4.08. The van der Waals surface area contributed by atoms with E-state index >= 15 is 0 Å². The van der Waals surface area contributed by atoms with E-state index in [-0.39, 0.29) is 6.04 Å². The highest BCUT2D eigenvalue weighted by molar-refractivity contribution is 9.10. The quantitative estimate of drug-likeness (QED) is 0.886. The molecule has 0 bridgehead atoms. The van der Waals surface area contributed by atoms with Crippen molar-refractivity contribution in [3.05, 3.63) is 22.3 Å². The Morgan fingerprint density at radius 1 is 1.53 bits per heavy atom. The lowest BCUT2D eigenvalue weighted by molar-refractivity contribution is 0.603. The number of nitrogens with one attached hydrogen (secondary N) is 1. The molecule has 3 nitrogen and oxygen atoms in total. The Labute approximate surface area is 99.6 Å². The van der Waals surface area contributed by atoms with Crippen LogP contribution in [0.3, 0.4) is 0 Å². The predicted molar refractivity (Wildman–Crippen MR) is 68.0 cm³/mol. The van der Waals surface area contributed by atoms with Crippen molar-refractivity contribution in [1.29, 1.82) is 0 Å². The summed E-state index contributed by atoms with van der Waals surface area (Å²) in [4.78, 5) is 4.29. The fourth-order valence-electron chi connectivity index (χ4n) is 1.49. The largest absolute Gasteiger partial charge is 0.368 e. The average Bonchev–Trinajstić information content (AvgIpc) is 2.10. The van der Waals surface area contributed by atoms with Crippen molar-refractivity contribution in [2.75, 3.05) is 5.32 Å². The minimum absolute atomic E-state index is 0.212. The molecule has 0 fully saturated rings. The molecule has 0 aliphatic rings. The van der Waals surface area contributed by atoms with Crippen molar-refractivity contribution in [3.63, 3.8) is 0 Å². The number of pyridine rings is 1. The van der Waals surface area contributed by atoms with E-state index in [2.05, 4.69) is 33.2 Å². The Morgan fingerprint density at radius 3 is 2.73 bits per heavy atom. The topological polar surface area (TPSA) is 50.9 Å². The maximum absolute atomic E-state index is 5.73. The fraction of sp³-hybridized carbons (Fsp3) is 0.545. The summed E-state index contributed by atoms with van der Waals surface area (Å²) in [7, 11) is 0. The number of aromatic nitrogens is 1. The van der Waals surface area contributed by atoms with Gasteiger partial charge < -0.3 is 11.1 Å². The van der Waals surface area contributed by atoms with Gasteiger partial charge in [-0.2, -0.15) is 0 Å². The van der Waals surface area contributed by atoms with E-state index in [0.29, 0.717) is 6.04 Å². The zero-order valence-corrected chi connectivity index (χ0v) is 11.0. The normalized spacial score (nSPS) is 14.7. The average molecular weight is 272 g/mol. The molecule has 2 unspecified atom stereocenters. The summed E-state index contributed by atoms with van der Waals surface area (Å²) in [6.45, 7) is 6.17. The van der Waals surface area contributed by atoms with Crippen LogP contribution >= 0.6 is 15.9 Å². The first-order chi connectivity index (χ1) is 6.99. The third kappa shape index (κ3) is 4.18. The van der Waals surface area contributed by atoms with E-state index < -0.39 is 0 Å². The van der Waals surface area contributed by atoms with Crippen LogP contribution in [0.25, 0.3) is 0 Å². The van der Waals surface area contributed by atoms with Gasteiger partial charge >= 0.3 is 0 Å². The Kier molecular flexibility index (Phi) is 4.54. The molecule has 0 aliphatic carbocycles. The van der Waals surface area contributed by atoms with Gasteiger partial charge in [-0.05, 0) is 54.8 Å². The van der Waals surface area contributed by atoms with Crippen LogP contribution in [0.4, 0.5) is 5.82 Å². The lowest BCUT2D eigenvalue weighted by Crippen LogP contribution is -2.26. The molecule has 0 aromatic carbocycles. The van der Waals surface area contributed by atoms with Gasteiger partial charge in [-0.25, -0.2) is 4.98 Å². The van der Waals surface area contributed by atoms with E-state index in [1.807, 2.05) is 26.1 Å². The Morgan fingerprint density at radius 2 is 2.20 bits per heavy atom. The van der Waals surface area contributed by atoms with Crippen molar-refractivity contribution < 1.29 is 0 Å². The number of nitrogens with zero attached hydrogens (tertiary/aromatic N) is 1. The molecule has 2 atom stereocenters. The first kappa shape index (κ1) is 12.5. The smallest absolute Gasteiger partial charge is 0.126 e. The standard InChI is InChI=1S/C11H18BrN3/c1-7-4-11(14-6-10(7)12)15-9(3)5-8(2)13/h4,6,8-9H,5,13H2,1-3H3,(H,14,15). The predicted octanol–water partition coefficient (Wildman–Crippen LogP) is 2.69. The fourth-order valence-corrected chi connectivity index (χ4v) is 1.70. The van der Waals surface area contributed by atoms with E-state index in [9.17, 15) is 0 Å². The molecule has 84 valence electrons. The number of hydrogen-bond donors (Lipinski definition) is 2. The number of halogens is 1. The second kappa shape index (κ2) is 5.47. The molecule has 0 spiro atoms. The molecular weight excluding hydrogens is 254 g/mol. The van der Waals surface area contributed by atoms with Crippen molar-refractivity contribution in [1.82, 2.24) is 4.98 Å². The summed E-state index contributed by atoms with van der Waals surface area (Å²) >= 11 is 3.43. The SMILES string of the molecule is Cc1cc(NC(C)CC(C)N)ncc1Br. The van der Waals surface area contributed by atoms with Gasteiger partial charge in [0.15, 0.2) is 0 Å². The second-order valence-corrected chi connectivity index (χ2v) is 4.93. The summed E-state index contributed by atoms with van der Waals surface area (Å²) in [6, 6.07) is 2.59. The van der Waals surface area contributed by atoms with Crippen LogP contribution in [0.15, 0.2) is 16.7 Å². The van der Waals surface area contributed by atoms with Gasteiger partial charge in [0.05, 0.1) is 0 Å². The van der Waals surface area contributed by atoms with Crippen LogP contribution in [0.5, 0.6) is 0 Å². The lowest BCUT2D eigenvalue weighted by atomic mass is 10.1. The third-order valence-corrected chi connectivity index (χ3v) is 3.00. The molecule has 15 heavy (non-hydrogen) atoms. The van der Waals surface area contributed by atoms with Crippen LogP contribution in [0.1, 0.15) is 25.8 Å². The molecular formula is C11H18BrN3. The Hall–Kier alpha value is -0.610. The van der Waals surface area contributed by atoms with E-state index in [4.69, 9.17) is 5.73 Å². The van der Waals surface area contributed by atoms with Crippen molar-refractivity contribution in [3.8, 4) is 0 Å². The summed E-state index contributed by atoms with van der Waals surface area (Å²) < 4.78 is 1.04. The minimum Gasteiger partial charge on any atom is -0.368 e. The molecule has 0 aliphatic heterocycles. The first-order valence-corrected chi connectivity index (χ1v) is 5.92. The molecule has 4 heteroatoms.